The first-order valence-electron chi connectivity index (χ1n) is 21.7. The number of aromatic amines is 2. The van der Waals surface area contributed by atoms with Gasteiger partial charge >= 0.3 is 12.1 Å². The lowest BCUT2D eigenvalue weighted by atomic mass is 9.85. The van der Waals surface area contributed by atoms with E-state index in [-0.39, 0.29) is 42.0 Å². The minimum absolute atomic E-state index is 0.128. The highest BCUT2D eigenvalue weighted by atomic mass is 16.5. The van der Waals surface area contributed by atoms with Crippen molar-refractivity contribution in [2.24, 2.45) is 0 Å². The van der Waals surface area contributed by atoms with Crippen LogP contribution in [-0.2, 0) is 14.3 Å². The Kier molecular flexibility index (Phi) is 11.3. The summed E-state index contributed by atoms with van der Waals surface area (Å²) in [7, 11) is 2.81. The summed E-state index contributed by atoms with van der Waals surface area (Å²) in [6.07, 6.45) is 8.31. The number of carbonyl (C=O) groups excluding carboxylic acids is 4. The van der Waals surface area contributed by atoms with E-state index in [2.05, 4.69) is 98.0 Å². The Bertz CT molecular complexity index is 2470. The summed E-state index contributed by atoms with van der Waals surface area (Å²) in [6.45, 7) is 4.58. The highest BCUT2D eigenvalue weighted by Crippen LogP contribution is 2.54. The van der Waals surface area contributed by atoms with E-state index in [0.717, 1.165) is 78.3 Å². The second-order valence-corrected chi connectivity index (χ2v) is 17.0. The molecular weight excluding hydrogens is 785 g/mol. The van der Waals surface area contributed by atoms with Crippen LogP contribution in [0, 0.1) is 0 Å². The molecule has 322 valence electrons. The lowest BCUT2D eigenvalue weighted by Crippen LogP contribution is -2.49. The summed E-state index contributed by atoms with van der Waals surface area (Å²) in [5.74, 6) is 1.58. The second kappa shape index (κ2) is 17.1. The molecule has 5 aromatic rings. The molecule has 0 saturated carbocycles. The number of amides is 5. The maximum Gasteiger partial charge on any atom is 0.407 e. The van der Waals surface area contributed by atoms with Crippen molar-refractivity contribution in [3.05, 3.63) is 107 Å². The first-order valence-corrected chi connectivity index (χ1v) is 21.7. The Hall–Kier alpha value is -6.48. The number of imidazole rings is 2. The molecule has 0 aliphatic carbocycles. The molecule has 4 aliphatic heterocycles. The highest BCUT2D eigenvalue weighted by Gasteiger charge is 2.42. The number of benzene rings is 3. The Labute approximate surface area is 360 Å². The number of fused-ring (bicyclic) bond motifs is 5. The van der Waals surface area contributed by atoms with Crippen molar-refractivity contribution in [3.8, 4) is 33.6 Å². The number of hydrogen-bond acceptors (Lipinski definition) is 8. The Balaban J connectivity index is 0.998. The fourth-order valence-corrected chi connectivity index (χ4v) is 10.2. The van der Waals surface area contributed by atoms with Gasteiger partial charge in [-0.1, -0.05) is 66.7 Å². The van der Waals surface area contributed by atoms with Gasteiger partial charge < -0.3 is 45.8 Å². The van der Waals surface area contributed by atoms with Crippen molar-refractivity contribution < 1.29 is 23.9 Å². The van der Waals surface area contributed by atoms with E-state index in [9.17, 15) is 19.2 Å². The monoisotopic (exact) mass is 838 g/mol. The molecule has 5 amide bonds. The van der Waals surface area contributed by atoms with Gasteiger partial charge in [0.25, 0.3) is 0 Å². The Morgan fingerprint density at radius 3 is 1.87 bits per heavy atom. The van der Waals surface area contributed by atoms with E-state index in [1.54, 1.807) is 18.7 Å². The molecule has 7 unspecified atom stereocenters. The first kappa shape index (κ1) is 40.9. The van der Waals surface area contributed by atoms with Gasteiger partial charge in [-0.3, -0.25) is 9.59 Å². The number of alkyl carbamates (subject to hydrolysis) is 1. The third-order valence-corrected chi connectivity index (χ3v) is 13.2. The molecule has 6 N–H and O–H groups in total. The van der Waals surface area contributed by atoms with Crippen LogP contribution in [0.5, 0.6) is 0 Å². The molecule has 3 aromatic carbocycles. The largest absolute Gasteiger partial charge is 0.453 e. The summed E-state index contributed by atoms with van der Waals surface area (Å²) < 4.78 is 4.69. The second-order valence-electron chi connectivity index (χ2n) is 17.0. The van der Waals surface area contributed by atoms with Crippen LogP contribution < -0.4 is 21.3 Å². The number of nitrogens with zero attached hydrogens (tertiary/aromatic N) is 4. The summed E-state index contributed by atoms with van der Waals surface area (Å²) in [5, 5.41) is 11.8. The number of methoxy groups -OCH3 is 1. The van der Waals surface area contributed by atoms with Crippen LogP contribution >= 0.6 is 0 Å². The number of nitrogens with one attached hydrogen (secondary N) is 6. The van der Waals surface area contributed by atoms with Gasteiger partial charge in [-0.05, 0) is 91.7 Å². The molecule has 4 aliphatic rings. The zero-order valence-corrected chi connectivity index (χ0v) is 35.5. The van der Waals surface area contributed by atoms with Gasteiger partial charge in [0.15, 0.2) is 0 Å². The summed E-state index contributed by atoms with van der Waals surface area (Å²) in [4.78, 5) is 70.9. The molecule has 15 nitrogen and oxygen atoms in total. The topological polar surface area (TPSA) is 189 Å². The first-order chi connectivity index (χ1) is 30.1. The Morgan fingerprint density at radius 1 is 0.710 bits per heavy atom. The quantitative estimate of drug-likeness (QED) is 0.0887. The number of likely N-dealkylation sites (tertiary alicyclic amines) is 2. The van der Waals surface area contributed by atoms with Gasteiger partial charge in [0.1, 0.15) is 23.7 Å². The van der Waals surface area contributed by atoms with Crippen molar-refractivity contribution in [3.63, 3.8) is 0 Å². The lowest BCUT2D eigenvalue weighted by Gasteiger charge is -2.30. The normalized spacial score (nSPS) is 22.5. The minimum atomic E-state index is -0.716. The molecule has 6 heterocycles. The number of hydrogen-bond donors (Lipinski definition) is 6. The van der Waals surface area contributed by atoms with Crippen LogP contribution in [0.25, 0.3) is 33.6 Å². The van der Waals surface area contributed by atoms with Gasteiger partial charge in [0.2, 0.25) is 11.8 Å². The van der Waals surface area contributed by atoms with Crippen molar-refractivity contribution in [1.29, 1.82) is 0 Å². The van der Waals surface area contributed by atoms with Crippen LogP contribution in [0.15, 0.2) is 79.1 Å². The molecule has 3 fully saturated rings. The highest BCUT2D eigenvalue weighted by molar-refractivity contribution is 5.87. The average molecular weight is 839 g/mol. The maximum atomic E-state index is 13.5. The van der Waals surface area contributed by atoms with E-state index >= 15 is 0 Å². The number of urea groups is 1. The predicted octanol–water partition coefficient (Wildman–Crippen LogP) is 6.79. The molecule has 62 heavy (non-hydrogen) atoms. The molecule has 15 heteroatoms. The fourth-order valence-electron chi connectivity index (χ4n) is 10.2. The fraction of sp³-hybridized carbons (Fsp3) is 0.404. The average Bonchev–Trinajstić information content (AvgIpc) is 4.17. The van der Waals surface area contributed by atoms with Gasteiger partial charge in [0.05, 0.1) is 43.0 Å². The third-order valence-electron chi connectivity index (χ3n) is 13.2. The molecular formula is C47H54N10O5. The van der Waals surface area contributed by atoms with Crippen molar-refractivity contribution in [2.45, 2.75) is 94.5 Å². The summed E-state index contributed by atoms with van der Waals surface area (Å²) >= 11 is 0. The van der Waals surface area contributed by atoms with Crippen molar-refractivity contribution in [2.75, 3.05) is 27.2 Å². The molecule has 3 saturated heterocycles. The van der Waals surface area contributed by atoms with E-state index in [4.69, 9.17) is 14.7 Å². The van der Waals surface area contributed by atoms with Crippen molar-refractivity contribution >= 4 is 23.9 Å². The zero-order valence-electron chi connectivity index (χ0n) is 35.5. The molecule has 0 radical (unpaired) electrons. The SMILES string of the molecule is CNC(=O)NC(C)C(=O)N1CCCC1c1ncc(-c2ccc(-c3ccc(-c4cnc(C5CCCN5C(=O)C(C)NC(=O)OC)[nH]4)cc3)c3c2C2CC(c4ccccc4)CC3N2)[nH]1. The van der Waals surface area contributed by atoms with Gasteiger partial charge in [-0.2, -0.15) is 0 Å². The van der Waals surface area contributed by atoms with Gasteiger partial charge in [-0.15, -0.1) is 0 Å². The van der Waals surface area contributed by atoms with Crippen LogP contribution in [0.2, 0.25) is 0 Å². The molecule has 7 atom stereocenters. The molecule has 0 spiro atoms. The zero-order chi connectivity index (χ0) is 43.1. The smallest absolute Gasteiger partial charge is 0.407 e. The summed E-state index contributed by atoms with van der Waals surface area (Å²) in [5.41, 5.74) is 10.2. The van der Waals surface area contributed by atoms with Crippen LogP contribution in [0.3, 0.4) is 0 Å². The lowest BCUT2D eigenvalue weighted by molar-refractivity contribution is -0.134. The Morgan fingerprint density at radius 2 is 1.26 bits per heavy atom. The molecule has 2 aromatic heterocycles. The van der Waals surface area contributed by atoms with Gasteiger partial charge in [-0.25, -0.2) is 19.6 Å². The van der Waals surface area contributed by atoms with E-state index in [1.807, 2.05) is 17.3 Å². The number of piperidine rings is 1. The molecule has 2 bridgehead atoms. The minimum Gasteiger partial charge on any atom is -0.453 e. The third kappa shape index (κ3) is 7.69. The van der Waals surface area contributed by atoms with Crippen LogP contribution in [-0.4, -0.2) is 93.0 Å². The van der Waals surface area contributed by atoms with E-state index < -0.39 is 18.2 Å². The number of H-pyrrole nitrogens is 2. The van der Waals surface area contributed by atoms with E-state index in [1.165, 1.54) is 36.4 Å². The van der Waals surface area contributed by atoms with Crippen LogP contribution in [0.4, 0.5) is 9.59 Å². The number of carbonyl (C=O) groups is 4. The predicted molar refractivity (Wildman–Crippen MR) is 234 cm³/mol. The van der Waals surface area contributed by atoms with E-state index in [0.29, 0.717) is 19.0 Å². The molecule has 9 rings (SSSR count). The number of rotatable bonds is 10. The standard InChI is InChI=1S/C47H54N10O5/c1-26(51-46(60)48-3)44(58)56-20-9-13-39(56)43-50-25-37(55-43)33-19-18-32(40-34-22-31(23-35(53-34)41(33)40)28-10-6-5-7-11-28)29-14-16-30(17-15-29)36-24-49-42(54-36)38-12-8-21-57(38)45(59)27(2)52-47(61)62-4/h5-7,10-11,14-19,24-27,31,34-35,38-39,53H,8-9,12-13,20-23H2,1-4H3,(H,49,54)(H,50,55)(H,52,61)(H2,48,51,60). The van der Waals surface area contributed by atoms with Gasteiger partial charge in [0, 0.05) is 37.8 Å². The van der Waals surface area contributed by atoms with Crippen LogP contribution in [0.1, 0.15) is 111 Å². The van der Waals surface area contributed by atoms with Crippen molar-refractivity contribution in [1.82, 2.24) is 51.0 Å². The maximum absolute atomic E-state index is 13.5. The summed E-state index contributed by atoms with van der Waals surface area (Å²) in [6, 6.07) is 22.0. The number of aromatic nitrogens is 4. The number of ether oxygens (including phenoxy) is 1.